The van der Waals surface area contributed by atoms with Crippen LogP contribution in [-0.2, 0) is 10.8 Å². The third kappa shape index (κ3) is 6.84. The van der Waals surface area contributed by atoms with E-state index in [-0.39, 0.29) is 23.2 Å². The van der Waals surface area contributed by atoms with Gasteiger partial charge >= 0.3 is 0 Å². The highest BCUT2D eigenvalue weighted by Crippen LogP contribution is 2.40. The lowest BCUT2D eigenvalue weighted by molar-refractivity contribution is 0.0207. The number of phenols is 1. The molecule has 0 aliphatic carbocycles. The van der Waals surface area contributed by atoms with Gasteiger partial charge < -0.3 is 15.1 Å². The molecule has 1 saturated heterocycles. The van der Waals surface area contributed by atoms with E-state index in [9.17, 15) is 15.0 Å². The number of carbonyl (C=O) groups is 1. The molecule has 1 heterocycles. The first-order chi connectivity index (χ1) is 15.7. The predicted octanol–water partition coefficient (Wildman–Crippen LogP) is 6.92. The standard InChI is InChI=1S/C28H45BrN2O3/c1-9-28(34,10-2)14-11-12-19-13-15-31(25(19)30-29)18-23(32)20-16-21(26(3,4)5)24(33)22(17-20)27(6,7)8/h16-17,19,33-34H,9-15,18H2,1-8H3/b30-25-. The third-order valence-corrected chi connectivity index (χ3v) is 7.78. The number of aromatic hydroxyl groups is 1. The summed E-state index contributed by atoms with van der Waals surface area (Å²) in [4.78, 5) is 15.5. The smallest absolute Gasteiger partial charge is 0.182 e. The SMILES string of the molecule is CCC(O)(CC)CCCC1CCN(CC(=O)c2cc(C(C)(C)C)c(O)c(C(C)(C)C)c2)/C1=N\Br. The van der Waals surface area contributed by atoms with E-state index in [4.69, 9.17) is 0 Å². The van der Waals surface area contributed by atoms with Gasteiger partial charge in [-0.2, -0.15) is 4.02 Å². The molecule has 0 radical (unpaired) electrons. The van der Waals surface area contributed by atoms with E-state index in [2.05, 4.69) is 66.6 Å². The maximum absolute atomic E-state index is 13.4. The number of amidine groups is 1. The fraction of sp³-hybridized carbons (Fsp3) is 0.714. The summed E-state index contributed by atoms with van der Waals surface area (Å²) in [7, 11) is 0. The zero-order valence-electron chi connectivity index (χ0n) is 22.5. The number of Topliss-reactive ketones (excluding diaryl/α,β-unsaturated/α-hetero) is 1. The van der Waals surface area contributed by atoms with E-state index in [1.165, 1.54) is 0 Å². The lowest BCUT2D eigenvalue weighted by atomic mass is 9.78. The molecule has 2 N–H and O–H groups in total. The summed E-state index contributed by atoms with van der Waals surface area (Å²) in [5.41, 5.74) is 1.11. The summed E-state index contributed by atoms with van der Waals surface area (Å²) in [6.07, 6.45) is 5.20. The van der Waals surface area contributed by atoms with Crippen LogP contribution < -0.4 is 0 Å². The number of phenolic OH excluding ortho intramolecular Hbond substituents is 1. The van der Waals surface area contributed by atoms with Crippen molar-refractivity contribution in [2.45, 2.75) is 110 Å². The Morgan fingerprint density at radius 3 is 2.06 bits per heavy atom. The Balaban J connectivity index is 2.19. The molecule has 5 nitrogen and oxygen atoms in total. The molecule has 0 amide bonds. The van der Waals surface area contributed by atoms with Crippen molar-refractivity contribution in [1.82, 2.24) is 4.90 Å². The molecule has 1 aliphatic rings. The summed E-state index contributed by atoms with van der Waals surface area (Å²) in [6, 6.07) is 3.73. The first kappa shape index (κ1) is 28.8. The molecule has 6 heteroatoms. The molecule has 0 saturated carbocycles. The molecule has 0 spiro atoms. The van der Waals surface area contributed by atoms with Gasteiger partial charge in [0.05, 0.1) is 28.3 Å². The lowest BCUT2D eigenvalue weighted by Crippen LogP contribution is -2.33. The van der Waals surface area contributed by atoms with Crippen LogP contribution in [0.15, 0.2) is 16.2 Å². The van der Waals surface area contributed by atoms with Gasteiger partial charge in [0.25, 0.3) is 0 Å². The summed E-state index contributed by atoms with van der Waals surface area (Å²) in [6.45, 7) is 17.5. The Labute approximate surface area is 215 Å². The molecule has 0 aromatic heterocycles. The second-order valence-electron chi connectivity index (χ2n) is 12.0. The van der Waals surface area contributed by atoms with Crippen LogP contribution in [0.25, 0.3) is 0 Å². The van der Waals surface area contributed by atoms with Crippen molar-refractivity contribution in [3.63, 3.8) is 0 Å². The van der Waals surface area contributed by atoms with Gasteiger partial charge in [0.2, 0.25) is 0 Å². The van der Waals surface area contributed by atoms with Crippen LogP contribution in [0.3, 0.4) is 0 Å². The molecular weight excluding hydrogens is 492 g/mol. The van der Waals surface area contributed by atoms with Crippen LogP contribution in [0.1, 0.15) is 115 Å². The number of aliphatic hydroxyl groups is 1. The fourth-order valence-corrected chi connectivity index (χ4v) is 5.37. The van der Waals surface area contributed by atoms with Gasteiger partial charge in [-0.25, -0.2) is 0 Å². The van der Waals surface area contributed by atoms with Crippen molar-refractivity contribution in [3.8, 4) is 5.75 Å². The van der Waals surface area contributed by atoms with Crippen molar-refractivity contribution in [1.29, 1.82) is 0 Å². The van der Waals surface area contributed by atoms with Crippen LogP contribution in [-0.4, -0.2) is 45.4 Å². The fourth-order valence-electron chi connectivity index (χ4n) is 4.85. The highest BCUT2D eigenvalue weighted by Gasteiger charge is 2.33. The largest absolute Gasteiger partial charge is 0.507 e. The summed E-state index contributed by atoms with van der Waals surface area (Å²) in [5, 5.41) is 21.6. The van der Waals surface area contributed by atoms with Gasteiger partial charge in [-0.1, -0.05) is 55.4 Å². The van der Waals surface area contributed by atoms with Crippen molar-refractivity contribution < 1.29 is 15.0 Å². The maximum Gasteiger partial charge on any atom is 0.182 e. The molecule has 1 atom stereocenters. The summed E-state index contributed by atoms with van der Waals surface area (Å²) >= 11 is 3.30. The number of benzene rings is 1. The van der Waals surface area contributed by atoms with E-state index >= 15 is 0 Å². The number of likely N-dealkylation sites (tertiary alicyclic amines) is 1. The Bertz CT molecular complexity index is 857. The molecule has 1 aromatic rings. The van der Waals surface area contributed by atoms with Crippen molar-refractivity contribution >= 4 is 27.8 Å². The van der Waals surface area contributed by atoms with Crippen LogP contribution in [0.5, 0.6) is 5.75 Å². The van der Waals surface area contributed by atoms with Gasteiger partial charge in [0.1, 0.15) is 11.6 Å². The number of ketones is 1. The van der Waals surface area contributed by atoms with E-state index in [1.54, 1.807) is 0 Å². The second-order valence-corrected chi connectivity index (χ2v) is 12.4. The average Bonchev–Trinajstić information content (AvgIpc) is 3.13. The summed E-state index contributed by atoms with van der Waals surface area (Å²) < 4.78 is 4.38. The molecule has 1 fully saturated rings. The number of hydrogen-bond acceptors (Lipinski definition) is 4. The summed E-state index contributed by atoms with van der Waals surface area (Å²) in [5.74, 6) is 1.55. The van der Waals surface area contributed by atoms with Gasteiger partial charge in [-0.3, -0.25) is 4.79 Å². The molecule has 1 aliphatic heterocycles. The highest BCUT2D eigenvalue weighted by atomic mass is 79.9. The number of carbonyl (C=O) groups excluding carboxylic acids is 1. The van der Waals surface area contributed by atoms with Crippen LogP contribution >= 0.6 is 16.1 Å². The van der Waals surface area contributed by atoms with Crippen molar-refractivity contribution in [2.75, 3.05) is 13.1 Å². The van der Waals surface area contributed by atoms with E-state index in [0.29, 0.717) is 17.2 Å². The van der Waals surface area contributed by atoms with Crippen LogP contribution in [0.4, 0.5) is 0 Å². The predicted molar refractivity (Wildman–Crippen MR) is 145 cm³/mol. The Morgan fingerprint density at radius 1 is 1.09 bits per heavy atom. The third-order valence-electron chi connectivity index (χ3n) is 7.42. The Morgan fingerprint density at radius 2 is 1.62 bits per heavy atom. The molecule has 0 bridgehead atoms. The first-order valence-electron chi connectivity index (χ1n) is 12.7. The van der Waals surface area contributed by atoms with Gasteiger partial charge in [-0.15, -0.1) is 0 Å². The molecule has 192 valence electrons. The highest BCUT2D eigenvalue weighted by molar-refractivity contribution is 9.08. The molecule has 1 aromatic carbocycles. The van der Waals surface area contributed by atoms with Gasteiger partial charge in [0, 0.05) is 29.2 Å². The average molecular weight is 538 g/mol. The monoisotopic (exact) mass is 536 g/mol. The van der Waals surface area contributed by atoms with Crippen LogP contribution in [0, 0.1) is 5.92 Å². The molecule has 1 unspecified atom stereocenters. The molecule has 2 rings (SSSR count). The normalized spacial score (nSPS) is 18.7. The maximum atomic E-state index is 13.4. The van der Waals surface area contributed by atoms with Gasteiger partial charge in [-0.05, 0) is 61.5 Å². The lowest BCUT2D eigenvalue weighted by Gasteiger charge is -2.28. The quantitative estimate of drug-likeness (QED) is 0.336. The zero-order valence-corrected chi connectivity index (χ0v) is 24.0. The van der Waals surface area contributed by atoms with Crippen molar-refractivity contribution in [3.05, 3.63) is 28.8 Å². The molecular formula is C28H45BrN2O3. The second kappa shape index (κ2) is 11.1. The van der Waals surface area contributed by atoms with Crippen LogP contribution in [0.2, 0.25) is 0 Å². The Kier molecular flexibility index (Phi) is 9.42. The van der Waals surface area contributed by atoms with E-state index < -0.39 is 5.60 Å². The van der Waals surface area contributed by atoms with Gasteiger partial charge in [0.15, 0.2) is 5.78 Å². The number of halogens is 1. The minimum Gasteiger partial charge on any atom is -0.507 e. The number of rotatable bonds is 9. The number of hydrogen-bond donors (Lipinski definition) is 2. The number of nitrogens with zero attached hydrogens (tertiary/aromatic N) is 2. The first-order valence-corrected chi connectivity index (χ1v) is 13.4. The van der Waals surface area contributed by atoms with E-state index in [1.807, 2.05) is 26.0 Å². The zero-order chi connectivity index (χ0) is 25.9. The minimum atomic E-state index is -0.575. The topological polar surface area (TPSA) is 73.1 Å². The minimum absolute atomic E-state index is 0.0386. The van der Waals surface area contributed by atoms with Crippen molar-refractivity contribution in [2.24, 2.45) is 9.94 Å². The Hall–Kier alpha value is -1.40. The molecule has 34 heavy (non-hydrogen) atoms. The van der Waals surface area contributed by atoms with E-state index in [0.717, 1.165) is 62.0 Å².